The van der Waals surface area contributed by atoms with Crippen molar-refractivity contribution in [3.63, 3.8) is 0 Å². The topological polar surface area (TPSA) is 38.7 Å². The van der Waals surface area contributed by atoms with Crippen molar-refractivity contribution in [1.29, 1.82) is 0 Å². The Kier molecular flexibility index (Phi) is 5.27. The van der Waals surface area contributed by atoms with Crippen molar-refractivity contribution < 1.29 is 14.6 Å². The van der Waals surface area contributed by atoms with Crippen LogP contribution >= 0.6 is 23.2 Å². The summed E-state index contributed by atoms with van der Waals surface area (Å²) < 4.78 is 11.1. The molecule has 0 saturated carbocycles. The molecule has 0 aromatic heterocycles. The lowest BCUT2D eigenvalue weighted by atomic mass is 9.74. The molecular formula is C15H19BCl2O3. The smallest absolute Gasteiger partial charge is 0.184 e. The van der Waals surface area contributed by atoms with Gasteiger partial charge in [-0.3, -0.25) is 0 Å². The van der Waals surface area contributed by atoms with Gasteiger partial charge < -0.3 is 14.6 Å². The van der Waals surface area contributed by atoms with Gasteiger partial charge >= 0.3 is 0 Å². The average Bonchev–Trinajstić information content (AvgIpc) is 2.66. The first kappa shape index (κ1) is 17.1. The van der Waals surface area contributed by atoms with Gasteiger partial charge in [-0.05, 0) is 38.3 Å². The van der Waals surface area contributed by atoms with E-state index in [-0.39, 0.29) is 11.7 Å². The lowest BCUT2D eigenvalue weighted by Gasteiger charge is -2.24. The Morgan fingerprint density at radius 2 is 1.95 bits per heavy atom. The van der Waals surface area contributed by atoms with Crippen LogP contribution in [0.3, 0.4) is 0 Å². The highest BCUT2D eigenvalue weighted by molar-refractivity contribution is 6.42. The Hall–Kier alpha value is -0.255. The molecule has 114 valence electrons. The maximum Gasteiger partial charge on any atom is 0.184 e. The van der Waals surface area contributed by atoms with E-state index in [1.165, 1.54) is 0 Å². The second kappa shape index (κ2) is 6.47. The Morgan fingerprint density at radius 1 is 1.29 bits per heavy atom. The number of hydrogen-bond donors (Lipinski definition) is 1. The fourth-order valence-electron chi connectivity index (χ4n) is 2.58. The average molecular weight is 329 g/mol. The molecule has 4 unspecified atom stereocenters. The molecule has 2 rings (SSSR count). The van der Waals surface area contributed by atoms with Crippen LogP contribution in [0, 0.1) is 5.92 Å². The van der Waals surface area contributed by atoms with E-state index in [0.29, 0.717) is 16.5 Å². The van der Waals surface area contributed by atoms with Crippen LogP contribution in [0.1, 0.15) is 38.6 Å². The molecule has 3 nitrogen and oxygen atoms in total. The van der Waals surface area contributed by atoms with Gasteiger partial charge in [-0.2, -0.15) is 0 Å². The number of benzene rings is 1. The normalized spacial score (nSPS) is 27.5. The van der Waals surface area contributed by atoms with Crippen molar-refractivity contribution >= 4 is 31.0 Å². The molecule has 2 radical (unpaired) electrons. The number of rotatable bonds is 4. The molecule has 0 aliphatic carbocycles. The molecular weight excluding hydrogens is 310 g/mol. The maximum absolute atomic E-state index is 9.93. The van der Waals surface area contributed by atoms with Crippen LogP contribution in [-0.2, 0) is 9.47 Å². The minimum Gasteiger partial charge on any atom is -0.366 e. The minimum atomic E-state index is -0.934. The largest absolute Gasteiger partial charge is 0.366 e. The summed E-state index contributed by atoms with van der Waals surface area (Å²) in [6, 6.07) is 5.36. The lowest BCUT2D eigenvalue weighted by molar-refractivity contribution is -0.174. The van der Waals surface area contributed by atoms with Crippen LogP contribution in [0.15, 0.2) is 18.2 Å². The van der Waals surface area contributed by atoms with Crippen LogP contribution < -0.4 is 0 Å². The third-order valence-electron chi connectivity index (χ3n) is 3.66. The van der Waals surface area contributed by atoms with Gasteiger partial charge in [0.2, 0.25) is 0 Å². The molecule has 0 spiro atoms. The van der Waals surface area contributed by atoms with Crippen LogP contribution in [0.25, 0.3) is 0 Å². The van der Waals surface area contributed by atoms with E-state index in [4.69, 9.17) is 40.5 Å². The Bertz CT molecular complexity index is 510. The quantitative estimate of drug-likeness (QED) is 0.856. The number of halogens is 2. The molecule has 1 aromatic carbocycles. The zero-order valence-electron chi connectivity index (χ0n) is 12.3. The third kappa shape index (κ3) is 4.14. The number of ether oxygens (including phenoxy) is 2. The molecule has 1 aliphatic heterocycles. The monoisotopic (exact) mass is 328 g/mol. The second-order valence-electron chi connectivity index (χ2n) is 5.98. The van der Waals surface area contributed by atoms with E-state index in [9.17, 15) is 5.11 Å². The minimum absolute atomic E-state index is 0.0335. The lowest BCUT2D eigenvalue weighted by Crippen LogP contribution is -2.30. The molecule has 4 atom stereocenters. The van der Waals surface area contributed by atoms with Gasteiger partial charge in [0.1, 0.15) is 6.10 Å². The van der Waals surface area contributed by atoms with E-state index in [0.717, 1.165) is 5.56 Å². The SMILES string of the molecule is [B]C(CC(C)C1OC(C)(C)OC1O)c1ccc(Cl)c(Cl)c1. The van der Waals surface area contributed by atoms with Crippen LogP contribution in [0.5, 0.6) is 0 Å². The first-order valence-electron chi connectivity index (χ1n) is 6.94. The molecule has 21 heavy (non-hydrogen) atoms. The van der Waals surface area contributed by atoms with Gasteiger partial charge in [-0.1, -0.05) is 47.6 Å². The summed E-state index contributed by atoms with van der Waals surface area (Å²) in [6.07, 6.45) is -0.691. The zero-order valence-corrected chi connectivity index (χ0v) is 13.9. The summed E-state index contributed by atoms with van der Waals surface area (Å²) in [5.41, 5.74) is 0.906. The molecule has 1 saturated heterocycles. The molecule has 1 aliphatic rings. The van der Waals surface area contributed by atoms with E-state index in [1.54, 1.807) is 26.0 Å². The standard InChI is InChI=1S/C15H19BCl2O3/c1-8(13-14(19)21-15(2,3)20-13)6-10(16)9-4-5-11(17)12(18)7-9/h4-5,7-8,10,13-14,19H,6H2,1-3H3. The number of hydrogen-bond acceptors (Lipinski definition) is 3. The highest BCUT2D eigenvalue weighted by Crippen LogP contribution is 2.35. The summed E-state index contributed by atoms with van der Waals surface area (Å²) in [5, 5.41) is 10.9. The van der Waals surface area contributed by atoms with Crippen molar-refractivity contribution in [3.05, 3.63) is 33.8 Å². The van der Waals surface area contributed by atoms with E-state index in [1.807, 2.05) is 13.0 Å². The molecule has 1 fully saturated rings. The molecule has 1 N–H and O–H groups in total. The number of aliphatic hydroxyl groups is 1. The van der Waals surface area contributed by atoms with E-state index in [2.05, 4.69) is 0 Å². The fraction of sp³-hybridized carbons (Fsp3) is 0.600. The second-order valence-corrected chi connectivity index (χ2v) is 6.80. The molecule has 1 heterocycles. The van der Waals surface area contributed by atoms with Gasteiger partial charge in [0, 0.05) is 0 Å². The first-order chi connectivity index (χ1) is 9.69. The van der Waals surface area contributed by atoms with Gasteiger partial charge in [0.15, 0.2) is 12.1 Å². The molecule has 6 heteroatoms. The molecule has 1 aromatic rings. The summed E-state index contributed by atoms with van der Waals surface area (Å²) in [6.45, 7) is 5.54. The van der Waals surface area contributed by atoms with Gasteiger partial charge in [-0.15, -0.1) is 0 Å². The van der Waals surface area contributed by atoms with Crippen molar-refractivity contribution in [2.24, 2.45) is 5.92 Å². The summed E-state index contributed by atoms with van der Waals surface area (Å²) in [5.74, 6) is -0.952. The summed E-state index contributed by atoms with van der Waals surface area (Å²) in [7, 11) is 6.22. The van der Waals surface area contributed by atoms with Gasteiger partial charge in [-0.25, -0.2) is 0 Å². The van der Waals surface area contributed by atoms with Gasteiger partial charge in [0.25, 0.3) is 0 Å². The van der Waals surface area contributed by atoms with E-state index < -0.39 is 18.2 Å². The van der Waals surface area contributed by atoms with Crippen LogP contribution in [0.4, 0.5) is 0 Å². The van der Waals surface area contributed by atoms with Crippen molar-refractivity contribution in [2.75, 3.05) is 0 Å². The fourth-order valence-corrected chi connectivity index (χ4v) is 2.89. The molecule has 0 bridgehead atoms. The van der Waals surface area contributed by atoms with Gasteiger partial charge in [0.05, 0.1) is 17.9 Å². The Labute approximate surface area is 136 Å². The zero-order chi connectivity index (χ0) is 15.8. The third-order valence-corrected chi connectivity index (χ3v) is 4.40. The van der Waals surface area contributed by atoms with Crippen molar-refractivity contribution in [1.82, 2.24) is 0 Å². The summed E-state index contributed by atoms with van der Waals surface area (Å²) >= 11 is 11.9. The predicted octanol–water partition coefficient (Wildman–Crippen LogP) is 3.70. The first-order valence-corrected chi connectivity index (χ1v) is 7.69. The number of aliphatic hydroxyl groups excluding tert-OH is 1. The highest BCUT2D eigenvalue weighted by Gasteiger charge is 2.43. The van der Waals surface area contributed by atoms with Crippen LogP contribution in [-0.4, -0.2) is 31.1 Å². The van der Waals surface area contributed by atoms with Crippen LogP contribution in [0.2, 0.25) is 10.0 Å². The maximum atomic E-state index is 9.93. The molecule has 0 amide bonds. The predicted molar refractivity (Wildman–Crippen MR) is 84.8 cm³/mol. The van der Waals surface area contributed by atoms with E-state index >= 15 is 0 Å². The Morgan fingerprint density at radius 3 is 2.48 bits per heavy atom. The van der Waals surface area contributed by atoms with Crippen molar-refractivity contribution in [2.45, 2.75) is 51.2 Å². The van der Waals surface area contributed by atoms with Crippen molar-refractivity contribution in [3.8, 4) is 0 Å². The summed E-state index contributed by atoms with van der Waals surface area (Å²) in [4.78, 5) is 0. The highest BCUT2D eigenvalue weighted by atomic mass is 35.5. The Balaban J connectivity index is 2.02.